The lowest BCUT2D eigenvalue weighted by molar-refractivity contribution is -0.134. The molecule has 3 aliphatic rings. The normalized spacial score (nSPS) is 25.0. The molecule has 0 aromatic carbocycles. The molecule has 34 heavy (non-hydrogen) atoms. The van der Waals surface area contributed by atoms with Crippen LogP contribution in [0.5, 0.6) is 5.19 Å². The summed E-state index contributed by atoms with van der Waals surface area (Å²) < 4.78 is 33.5. The van der Waals surface area contributed by atoms with Crippen molar-refractivity contribution in [3.63, 3.8) is 0 Å². The largest absolute Gasteiger partial charge is 0.466 e. The number of rotatable bonds is 9. The van der Waals surface area contributed by atoms with Crippen LogP contribution in [0.4, 0.5) is 8.78 Å². The van der Waals surface area contributed by atoms with Gasteiger partial charge in [0.05, 0.1) is 11.9 Å². The van der Waals surface area contributed by atoms with E-state index in [1.165, 1.54) is 35.5 Å². The Morgan fingerprint density at radius 2 is 2.00 bits per heavy atom. The molecular weight excluding hydrogens is 458 g/mol. The third kappa shape index (κ3) is 6.03. The van der Waals surface area contributed by atoms with Crippen LogP contribution < -0.4 is 4.74 Å². The van der Waals surface area contributed by atoms with Crippen LogP contribution in [0.25, 0.3) is 0 Å². The molecule has 2 fully saturated rings. The second kappa shape index (κ2) is 10.0. The van der Waals surface area contributed by atoms with Crippen molar-refractivity contribution in [2.45, 2.75) is 82.8 Å². The first kappa shape index (κ1) is 23.9. The molecule has 6 nitrogen and oxygen atoms in total. The number of ether oxygens (including phenoxy) is 1. The van der Waals surface area contributed by atoms with Gasteiger partial charge in [-0.3, -0.25) is 14.4 Å². The van der Waals surface area contributed by atoms with Gasteiger partial charge in [-0.05, 0) is 49.6 Å². The van der Waals surface area contributed by atoms with Gasteiger partial charge in [-0.25, -0.2) is 13.8 Å². The summed E-state index contributed by atoms with van der Waals surface area (Å²) in [5, 5.41) is 4.71. The molecule has 2 aromatic heterocycles. The van der Waals surface area contributed by atoms with Crippen molar-refractivity contribution in [1.29, 1.82) is 0 Å². The molecule has 9 heteroatoms. The van der Waals surface area contributed by atoms with E-state index in [2.05, 4.69) is 15.0 Å². The number of halogens is 2. The molecule has 186 valence electrons. The second-order valence-corrected chi connectivity index (χ2v) is 11.5. The van der Waals surface area contributed by atoms with Crippen LogP contribution in [0.2, 0.25) is 0 Å². The Balaban J connectivity index is 1.00. The van der Waals surface area contributed by atoms with Gasteiger partial charge >= 0.3 is 0 Å². The van der Waals surface area contributed by atoms with Gasteiger partial charge in [0.2, 0.25) is 0 Å². The van der Waals surface area contributed by atoms with Crippen molar-refractivity contribution in [2.24, 2.45) is 18.9 Å². The van der Waals surface area contributed by atoms with E-state index in [4.69, 9.17) is 4.74 Å². The van der Waals surface area contributed by atoms with Crippen LogP contribution in [0, 0.1) is 11.8 Å². The van der Waals surface area contributed by atoms with Gasteiger partial charge in [-0.1, -0.05) is 24.2 Å². The molecule has 0 atom stereocenters. The number of aromatic nitrogens is 3. The number of fused-ring (bicyclic) bond motifs is 1. The maximum atomic E-state index is 13.0. The van der Waals surface area contributed by atoms with E-state index in [1.807, 2.05) is 13.2 Å². The van der Waals surface area contributed by atoms with E-state index >= 15 is 0 Å². The first-order valence-electron chi connectivity index (χ1n) is 12.6. The number of aryl methyl sites for hydroxylation is 1. The van der Waals surface area contributed by atoms with Crippen molar-refractivity contribution >= 4 is 17.1 Å². The highest BCUT2D eigenvalue weighted by Gasteiger charge is 2.47. The zero-order valence-corrected chi connectivity index (χ0v) is 20.7. The summed E-state index contributed by atoms with van der Waals surface area (Å²) in [7, 11) is 1.88. The molecule has 0 unspecified atom stereocenters. The summed E-state index contributed by atoms with van der Waals surface area (Å²) in [4.78, 5) is 20.7. The summed E-state index contributed by atoms with van der Waals surface area (Å²) >= 11 is 1.53. The Kier molecular flexibility index (Phi) is 7.02. The van der Waals surface area contributed by atoms with Gasteiger partial charge < -0.3 is 4.74 Å². The standard InChI is InChI=1S/C25H34F2N4O2S/c1-30-15-19(14-28-30)11-20(32)10-18-4-2-17(3-5-18)6-8-31-9-7-23-22(16-31)29-24(34-23)33-21-12-25(26,27)13-21/h14-15,17-18,21H,2-13,16H2,1H3. The van der Waals surface area contributed by atoms with Crippen LogP contribution >= 0.6 is 11.3 Å². The average molecular weight is 493 g/mol. The number of alkyl halides is 2. The Bertz CT molecular complexity index is 991. The summed E-state index contributed by atoms with van der Waals surface area (Å²) in [6, 6.07) is 0. The summed E-state index contributed by atoms with van der Waals surface area (Å²) in [6.45, 7) is 2.92. The fourth-order valence-corrected chi connectivity index (χ4v) is 6.55. The van der Waals surface area contributed by atoms with E-state index < -0.39 is 5.92 Å². The third-order valence-corrected chi connectivity index (χ3v) is 8.65. The number of hydrogen-bond donors (Lipinski definition) is 0. The molecule has 2 aromatic rings. The minimum Gasteiger partial charge on any atom is -0.466 e. The van der Waals surface area contributed by atoms with Gasteiger partial charge in [-0.15, -0.1) is 0 Å². The van der Waals surface area contributed by atoms with E-state index in [9.17, 15) is 13.6 Å². The Morgan fingerprint density at radius 3 is 2.71 bits per heavy atom. The lowest BCUT2D eigenvalue weighted by Crippen LogP contribution is -2.43. The monoisotopic (exact) mass is 492 g/mol. The fraction of sp³-hybridized carbons (Fsp3) is 0.720. The van der Waals surface area contributed by atoms with Gasteiger partial charge in [0.15, 0.2) is 0 Å². The van der Waals surface area contributed by atoms with Crippen LogP contribution in [0.1, 0.15) is 67.5 Å². The maximum Gasteiger partial charge on any atom is 0.273 e. The number of ketones is 1. The van der Waals surface area contributed by atoms with E-state index in [1.54, 1.807) is 10.9 Å². The molecular formula is C25H34F2N4O2S. The number of Topliss-reactive ketones (excluding diaryl/α,β-unsaturated/α-hetero) is 1. The summed E-state index contributed by atoms with van der Waals surface area (Å²) in [5.74, 6) is -0.965. The molecule has 3 heterocycles. The Hall–Kier alpha value is -1.87. The molecule has 1 aliphatic heterocycles. The summed E-state index contributed by atoms with van der Waals surface area (Å²) in [6.07, 6.45) is 11.0. The molecule has 0 saturated heterocycles. The van der Waals surface area contributed by atoms with E-state index in [0.717, 1.165) is 56.1 Å². The fourth-order valence-electron chi connectivity index (χ4n) is 5.58. The first-order valence-corrected chi connectivity index (χ1v) is 13.4. The van der Waals surface area contributed by atoms with Crippen LogP contribution in [-0.2, 0) is 31.2 Å². The highest BCUT2D eigenvalue weighted by Crippen LogP contribution is 2.41. The number of nitrogens with zero attached hydrogens (tertiary/aromatic N) is 4. The highest BCUT2D eigenvalue weighted by molar-refractivity contribution is 7.13. The quantitative estimate of drug-likeness (QED) is 0.503. The number of carbonyl (C=O) groups is 1. The van der Waals surface area contributed by atoms with Crippen molar-refractivity contribution < 1.29 is 18.3 Å². The number of carbonyl (C=O) groups excluding carboxylic acids is 1. The maximum absolute atomic E-state index is 13.0. The third-order valence-electron chi connectivity index (χ3n) is 7.60. The van der Waals surface area contributed by atoms with Crippen molar-refractivity contribution in [3.8, 4) is 5.19 Å². The molecule has 0 bridgehead atoms. The molecule has 2 aliphatic carbocycles. The molecule has 5 rings (SSSR count). The predicted molar refractivity (Wildman–Crippen MR) is 126 cm³/mol. The highest BCUT2D eigenvalue weighted by atomic mass is 32.1. The Labute approximate surface area is 203 Å². The predicted octanol–water partition coefficient (Wildman–Crippen LogP) is 4.81. The van der Waals surface area contributed by atoms with Crippen molar-refractivity contribution in [2.75, 3.05) is 13.1 Å². The first-order chi connectivity index (χ1) is 16.3. The van der Waals surface area contributed by atoms with Gasteiger partial charge in [0.25, 0.3) is 11.1 Å². The topological polar surface area (TPSA) is 60.2 Å². The zero-order valence-electron chi connectivity index (χ0n) is 19.8. The zero-order chi connectivity index (χ0) is 23.7. The number of hydrogen-bond acceptors (Lipinski definition) is 6. The van der Waals surface area contributed by atoms with Crippen molar-refractivity contribution in [3.05, 3.63) is 28.5 Å². The van der Waals surface area contributed by atoms with Gasteiger partial charge in [0.1, 0.15) is 11.9 Å². The minimum absolute atomic E-state index is 0.190. The van der Waals surface area contributed by atoms with Crippen LogP contribution in [0.3, 0.4) is 0 Å². The smallest absolute Gasteiger partial charge is 0.273 e. The van der Waals surface area contributed by atoms with Crippen LogP contribution in [0.15, 0.2) is 12.4 Å². The lowest BCUT2D eigenvalue weighted by atomic mass is 9.78. The van der Waals surface area contributed by atoms with Crippen molar-refractivity contribution in [1.82, 2.24) is 19.7 Å². The average Bonchev–Trinajstić information content (AvgIpc) is 3.36. The molecule has 0 radical (unpaired) electrons. The number of thiazole rings is 1. The minimum atomic E-state index is -2.56. The lowest BCUT2D eigenvalue weighted by Gasteiger charge is -2.33. The van der Waals surface area contributed by atoms with E-state index in [0.29, 0.717) is 29.7 Å². The molecule has 0 spiro atoms. The second-order valence-electron chi connectivity index (χ2n) is 10.5. The van der Waals surface area contributed by atoms with Crippen LogP contribution in [-0.4, -0.2) is 50.6 Å². The SMILES string of the molecule is Cn1cc(CC(=O)CC2CCC(CCN3CCc4sc(OC5CC(F)(F)C5)nc4C3)CC2)cn1. The molecule has 0 N–H and O–H groups in total. The van der Waals surface area contributed by atoms with Gasteiger partial charge in [0, 0.05) is 56.9 Å². The van der Waals surface area contributed by atoms with Gasteiger partial charge in [-0.2, -0.15) is 5.10 Å². The Morgan fingerprint density at radius 1 is 1.24 bits per heavy atom. The van der Waals surface area contributed by atoms with E-state index in [-0.39, 0.29) is 18.9 Å². The molecule has 0 amide bonds. The summed E-state index contributed by atoms with van der Waals surface area (Å²) in [5.41, 5.74) is 2.07. The molecule has 2 saturated carbocycles.